The van der Waals surface area contributed by atoms with Crippen molar-refractivity contribution in [2.45, 2.75) is 37.2 Å². The lowest BCUT2D eigenvalue weighted by atomic mass is 10.4. The minimum absolute atomic E-state index is 0.210. The Morgan fingerprint density at radius 2 is 2.05 bits per heavy atom. The molecule has 1 saturated heterocycles. The maximum atomic E-state index is 12.4. The van der Waals surface area contributed by atoms with Crippen LogP contribution in [0, 0.1) is 6.92 Å². The van der Waals surface area contributed by atoms with Gasteiger partial charge < -0.3 is 14.5 Å². The number of sulfonamides is 1. The summed E-state index contributed by atoms with van der Waals surface area (Å²) in [6, 6.07) is 2.16. The Balaban J connectivity index is 1.68. The fourth-order valence-electron chi connectivity index (χ4n) is 2.28. The molecule has 2 fully saturated rings. The average Bonchev–Trinajstić information content (AvgIpc) is 3.19. The van der Waals surface area contributed by atoms with Gasteiger partial charge >= 0.3 is 0 Å². The number of furan rings is 1. The van der Waals surface area contributed by atoms with Gasteiger partial charge in [-0.25, -0.2) is 13.4 Å². The first-order chi connectivity index (χ1) is 10.0. The van der Waals surface area contributed by atoms with Crippen molar-refractivity contribution >= 4 is 10.0 Å². The molecule has 0 unspecified atom stereocenters. The van der Waals surface area contributed by atoms with Crippen LogP contribution in [0.1, 0.15) is 24.4 Å². The largest absolute Gasteiger partial charge is 0.464 e. The molecule has 8 heteroatoms. The van der Waals surface area contributed by atoms with Crippen molar-refractivity contribution in [2.75, 3.05) is 26.3 Å². The molecule has 1 saturated carbocycles. The first-order valence-electron chi connectivity index (χ1n) is 7.22. The van der Waals surface area contributed by atoms with Gasteiger partial charge in [0.2, 0.25) is 0 Å². The van der Waals surface area contributed by atoms with Crippen LogP contribution in [0.2, 0.25) is 0 Å². The van der Waals surface area contributed by atoms with E-state index >= 15 is 0 Å². The minimum Gasteiger partial charge on any atom is -0.464 e. The summed E-state index contributed by atoms with van der Waals surface area (Å²) in [7, 11) is -3.59. The van der Waals surface area contributed by atoms with E-state index in [4.69, 9.17) is 9.15 Å². The Hall–Kier alpha value is -0.930. The van der Waals surface area contributed by atoms with Crippen LogP contribution in [0.25, 0.3) is 0 Å². The van der Waals surface area contributed by atoms with Crippen molar-refractivity contribution in [3.63, 3.8) is 0 Å². The molecule has 1 aromatic rings. The van der Waals surface area contributed by atoms with Crippen molar-refractivity contribution in [3.8, 4) is 0 Å². The van der Waals surface area contributed by atoms with Gasteiger partial charge in [-0.05, 0) is 19.8 Å². The second kappa shape index (κ2) is 6.05. The predicted molar refractivity (Wildman–Crippen MR) is 76.0 cm³/mol. The first kappa shape index (κ1) is 15.0. The van der Waals surface area contributed by atoms with Crippen LogP contribution < -0.4 is 10.1 Å². The molecule has 0 spiro atoms. The summed E-state index contributed by atoms with van der Waals surface area (Å²) in [5.41, 5.74) is 0. The molecule has 1 aromatic heterocycles. The lowest BCUT2D eigenvalue weighted by molar-refractivity contribution is 0.0272. The zero-order valence-electron chi connectivity index (χ0n) is 12.1. The third-order valence-corrected chi connectivity index (χ3v) is 5.10. The molecule has 0 aromatic carbocycles. The number of hydrogen-bond acceptors (Lipinski definition) is 6. The number of nitrogens with one attached hydrogen (secondary N) is 2. The van der Waals surface area contributed by atoms with Gasteiger partial charge in [-0.15, -0.1) is 4.83 Å². The van der Waals surface area contributed by atoms with E-state index in [0.717, 1.165) is 0 Å². The van der Waals surface area contributed by atoms with Crippen molar-refractivity contribution in [1.29, 1.82) is 0 Å². The molecule has 2 aliphatic rings. The van der Waals surface area contributed by atoms with Gasteiger partial charge in [0.25, 0.3) is 10.0 Å². The fourth-order valence-corrected chi connectivity index (χ4v) is 3.61. The average molecular weight is 315 g/mol. The third kappa shape index (κ3) is 3.83. The molecule has 2 heterocycles. The van der Waals surface area contributed by atoms with E-state index < -0.39 is 10.0 Å². The molecule has 1 aliphatic carbocycles. The number of rotatable bonds is 6. The molecular weight excluding hydrogens is 294 g/mol. The Labute approximate surface area is 124 Å². The van der Waals surface area contributed by atoms with Crippen LogP contribution in [0.5, 0.6) is 0 Å². The molecule has 0 bridgehead atoms. The van der Waals surface area contributed by atoms with E-state index in [1.165, 1.54) is 12.8 Å². The fraction of sp³-hybridized carbons (Fsp3) is 0.692. The van der Waals surface area contributed by atoms with Gasteiger partial charge in [0.05, 0.1) is 19.8 Å². The first-order valence-corrected chi connectivity index (χ1v) is 8.71. The van der Waals surface area contributed by atoms with Gasteiger partial charge in [0.1, 0.15) is 16.4 Å². The SMILES string of the molecule is Cc1oc(CNC2CC2)cc1S(=O)(=O)NN1CCOCC1. The van der Waals surface area contributed by atoms with E-state index in [9.17, 15) is 8.42 Å². The summed E-state index contributed by atoms with van der Waals surface area (Å²) in [6.45, 7) is 4.40. The monoisotopic (exact) mass is 315 g/mol. The normalized spacial score (nSPS) is 20.8. The second-order valence-electron chi connectivity index (χ2n) is 5.48. The second-order valence-corrected chi connectivity index (χ2v) is 7.11. The summed E-state index contributed by atoms with van der Waals surface area (Å²) in [4.78, 5) is 2.80. The molecule has 2 N–H and O–H groups in total. The predicted octanol–water partition coefficient (Wildman–Crippen LogP) is 0.366. The number of ether oxygens (including phenoxy) is 1. The van der Waals surface area contributed by atoms with Crippen LogP contribution in [0.3, 0.4) is 0 Å². The van der Waals surface area contributed by atoms with Crippen molar-refractivity contribution in [2.24, 2.45) is 0 Å². The van der Waals surface area contributed by atoms with Gasteiger partial charge in [-0.1, -0.05) is 0 Å². The molecule has 0 amide bonds. The van der Waals surface area contributed by atoms with E-state index in [1.54, 1.807) is 18.0 Å². The third-order valence-electron chi connectivity index (χ3n) is 3.62. The standard InChI is InChI=1S/C13H21N3O4S/c1-10-13(8-12(20-10)9-14-11-2-3-11)21(17,18)15-16-4-6-19-7-5-16/h8,11,14-15H,2-7,9H2,1H3. The van der Waals surface area contributed by atoms with Crippen molar-refractivity contribution < 1.29 is 17.6 Å². The molecule has 21 heavy (non-hydrogen) atoms. The lowest BCUT2D eigenvalue weighted by Gasteiger charge is -2.26. The maximum Gasteiger partial charge on any atom is 0.256 e. The zero-order chi connectivity index (χ0) is 14.9. The topological polar surface area (TPSA) is 83.8 Å². The van der Waals surface area contributed by atoms with Crippen LogP contribution >= 0.6 is 0 Å². The van der Waals surface area contributed by atoms with Crippen LogP contribution in [-0.4, -0.2) is 45.8 Å². The number of hydrazine groups is 1. The Morgan fingerprint density at radius 3 is 2.71 bits per heavy atom. The van der Waals surface area contributed by atoms with Crippen LogP contribution in [-0.2, 0) is 21.3 Å². The molecule has 7 nitrogen and oxygen atoms in total. The van der Waals surface area contributed by atoms with Crippen molar-refractivity contribution in [1.82, 2.24) is 15.2 Å². The number of morpholine rings is 1. The molecular formula is C13H21N3O4S. The molecule has 118 valence electrons. The summed E-state index contributed by atoms with van der Waals surface area (Å²) < 4.78 is 35.6. The van der Waals surface area contributed by atoms with Crippen LogP contribution in [0.15, 0.2) is 15.4 Å². The molecule has 1 aliphatic heterocycles. The number of hydrogen-bond donors (Lipinski definition) is 2. The smallest absolute Gasteiger partial charge is 0.256 e. The van der Waals surface area contributed by atoms with E-state index in [1.807, 2.05) is 0 Å². The molecule has 3 rings (SSSR count). The number of nitrogens with zero attached hydrogens (tertiary/aromatic N) is 1. The Bertz CT molecular complexity index is 589. The highest BCUT2D eigenvalue weighted by Crippen LogP contribution is 2.23. The minimum atomic E-state index is -3.59. The van der Waals surface area contributed by atoms with E-state index in [0.29, 0.717) is 50.4 Å². The van der Waals surface area contributed by atoms with Crippen molar-refractivity contribution in [3.05, 3.63) is 17.6 Å². The van der Waals surface area contributed by atoms with E-state index in [2.05, 4.69) is 10.1 Å². The van der Waals surface area contributed by atoms with E-state index in [-0.39, 0.29) is 4.90 Å². The zero-order valence-corrected chi connectivity index (χ0v) is 12.9. The lowest BCUT2D eigenvalue weighted by Crippen LogP contribution is -2.48. The highest BCUT2D eigenvalue weighted by Gasteiger charge is 2.26. The highest BCUT2D eigenvalue weighted by atomic mass is 32.2. The quantitative estimate of drug-likeness (QED) is 0.789. The summed E-state index contributed by atoms with van der Waals surface area (Å²) in [5, 5.41) is 4.97. The van der Waals surface area contributed by atoms with Gasteiger partial charge in [-0.2, -0.15) is 0 Å². The van der Waals surface area contributed by atoms with Crippen LogP contribution in [0.4, 0.5) is 0 Å². The molecule has 0 atom stereocenters. The maximum absolute atomic E-state index is 12.4. The Kier molecular flexibility index (Phi) is 4.32. The summed E-state index contributed by atoms with van der Waals surface area (Å²) >= 11 is 0. The van der Waals surface area contributed by atoms with Gasteiger partial charge in [0, 0.05) is 25.2 Å². The summed E-state index contributed by atoms with van der Waals surface area (Å²) in [5.74, 6) is 1.07. The Morgan fingerprint density at radius 1 is 1.33 bits per heavy atom. The van der Waals surface area contributed by atoms with Gasteiger partial charge in [-0.3, -0.25) is 0 Å². The van der Waals surface area contributed by atoms with Gasteiger partial charge in [0.15, 0.2) is 0 Å². The molecule has 0 radical (unpaired) electrons. The number of aryl methyl sites for hydroxylation is 1. The summed E-state index contributed by atoms with van der Waals surface area (Å²) in [6.07, 6.45) is 2.37. The highest BCUT2D eigenvalue weighted by molar-refractivity contribution is 7.89.